The van der Waals surface area contributed by atoms with Gasteiger partial charge in [0, 0.05) is 20.9 Å². The molecule has 5 nitrogen and oxygen atoms in total. The highest BCUT2D eigenvalue weighted by Gasteiger charge is 2.43. The number of nitro groups is 1. The van der Waals surface area contributed by atoms with Crippen molar-refractivity contribution in [3.8, 4) is 0 Å². The molecule has 0 aliphatic carbocycles. The number of nitrogens with zero attached hydrogens (tertiary/aromatic N) is 2. The van der Waals surface area contributed by atoms with Crippen LogP contribution in [0.15, 0.2) is 5.16 Å². The third kappa shape index (κ3) is 1.02. The second-order valence-corrected chi connectivity index (χ2v) is 2.96. The molecule has 0 aromatic carbocycles. The highest BCUT2D eigenvalue weighted by molar-refractivity contribution is 9.10. The summed E-state index contributed by atoms with van der Waals surface area (Å²) in [6.07, 6.45) is 1.12. The highest BCUT2D eigenvalue weighted by Crippen LogP contribution is 2.20. The molecule has 0 aromatic rings. The predicted octanol–water partition coefficient (Wildman–Crippen LogP) is 0.370. The molecule has 0 bridgehead atoms. The van der Waals surface area contributed by atoms with Crippen molar-refractivity contribution in [2.75, 3.05) is 6.61 Å². The van der Waals surface area contributed by atoms with Crippen LogP contribution in [0.4, 0.5) is 0 Å². The normalized spacial score (nSPS) is 32.1. The van der Waals surface area contributed by atoms with Crippen LogP contribution in [0.5, 0.6) is 0 Å². The predicted molar refractivity (Wildman–Crippen MR) is 33.1 cm³/mol. The standard InChI is InChI=1S/C3H3BrN2O3/c4-3(6(7)8)1-5-9-2-3/h1H,2H2. The largest absolute Gasteiger partial charge is 0.387 e. The van der Waals surface area contributed by atoms with E-state index < -0.39 is 9.37 Å². The van der Waals surface area contributed by atoms with Crippen molar-refractivity contribution in [2.24, 2.45) is 5.16 Å². The van der Waals surface area contributed by atoms with Crippen LogP contribution in [0, 0.1) is 10.1 Å². The highest BCUT2D eigenvalue weighted by atomic mass is 79.9. The van der Waals surface area contributed by atoms with Crippen LogP contribution in [0.1, 0.15) is 0 Å². The average molecular weight is 195 g/mol. The van der Waals surface area contributed by atoms with E-state index in [-0.39, 0.29) is 6.61 Å². The third-order valence-electron chi connectivity index (χ3n) is 0.896. The topological polar surface area (TPSA) is 64.7 Å². The van der Waals surface area contributed by atoms with Crippen molar-refractivity contribution < 1.29 is 9.76 Å². The van der Waals surface area contributed by atoms with E-state index in [1.807, 2.05) is 0 Å². The molecule has 1 heterocycles. The quantitative estimate of drug-likeness (QED) is 0.262. The fraction of sp³-hybridized carbons (Fsp3) is 0.667. The first-order valence-electron chi connectivity index (χ1n) is 2.15. The van der Waals surface area contributed by atoms with Crippen LogP contribution in [-0.4, -0.2) is 22.2 Å². The Morgan fingerprint density at radius 3 is 2.89 bits per heavy atom. The van der Waals surface area contributed by atoms with Crippen LogP contribution in [-0.2, 0) is 4.84 Å². The molecule has 0 saturated heterocycles. The van der Waals surface area contributed by atoms with Crippen LogP contribution in [0.3, 0.4) is 0 Å². The Labute approximate surface area is 58.9 Å². The Hall–Kier alpha value is -0.650. The number of halogens is 1. The fourth-order valence-electron chi connectivity index (χ4n) is 0.383. The number of oxime groups is 1. The summed E-state index contributed by atoms with van der Waals surface area (Å²) >= 11 is 2.84. The molecule has 1 unspecified atom stereocenters. The lowest BCUT2D eigenvalue weighted by atomic mass is 10.4. The van der Waals surface area contributed by atoms with E-state index in [1.54, 1.807) is 0 Å². The summed E-state index contributed by atoms with van der Waals surface area (Å²) in [5.74, 6) is 0. The van der Waals surface area contributed by atoms with E-state index in [0.717, 1.165) is 6.21 Å². The lowest BCUT2D eigenvalue weighted by molar-refractivity contribution is -0.514. The molecule has 1 atom stereocenters. The third-order valence-corrected chi connectivity index (χ3v) is 1.62. The van der Waals surface area contributed by atoms with Gasteiger partial charge in [0.1, 0.15) is 6.21 Å². The molecule has 6 heteroatoms. The molecule has 0 saturated carbocycles. The van der Waals surface area contributed by atoms with Gasteiger partial charge in [-0.2, -0.15) is 0 Å². The van der Waals surface area contributed by atoms with Gasteiger partial charge in [-0.1, -0.05) is 5.16 Å². The summed E-state index contributed by atoms with van der Waals surface area (Å²) in [5.41, 5.74) is 0. The molecule has 0 fully saturated rings. The molecule has 0 radical (unpaired) electrons. The van der Waals surface area contributed by atoms with E-state index in [2.05, 4.69) is 25.9 Å². The van der Waals surface area contributed by atoms with Gasteiger partial charge in [-0.15, -0.1) is 0 Å². The first-order chi connectivity index (χ1) is 4.15. The summed E-state index contributed by atoms with van der Waals surface area (Å²) in [6, 6.07) is 0. The van der Waals surface area contributed by atoms with Gasteiger partial charge in [0.2, 0.25) is 6.61 Å². The van der Waals surface area contributed by atoms with Crippen molar-refractivity contribution in [3.05, 3.63) is 10.1 Å². The van der Waals surface area contributed by atoms with Crippen molar-refractivity contribution in [1.29, 1.82) is 0 Å². The van der Waals surface area contributed by atoms with Gasteiger partial charge in [0.25, 0.3) is 0 Å². The van der Waals surface area contributed by atoms with E-state index in [4.69, 9.17) is 0 Å². The zero-order valence-corrected chi connectivity index (χ0v) is 5.87. The maximum atomic E-state index is 10.1. The van der Waals surface area contributed by atoms with E-state index in [9.17, 15) is 10.1 Å². The maximum absolute atomic E-state index is 10.1. The average Bonchev–Trinajstić information content (AvgIpc) is 2.16. The number of rotatable bonds is 1. The summed E-state index contributed by atoms with van der Waals surface area (Å²) in [7, 11) is 0. The van der Waals surface area contributed by atoms with Crippen LogP contribution < -0.4 is 0 Å². The number of hydrogen-bond donors (Lipinski definition) is 0. The molecule has 0 aromatic heterocycles. The molecule has 9 heavy (non-hydrogen) atoms. The number of alkyl halides is 1. The molecular formula is C3H3BrN2O3. The molecule has 0 spiro atoms. The van der Waals surface area contributed by atoms with Crippen molar-refractivity contribution in [2.45, 2.75) is 4.45 Å². The summed E-state index contributed by atoms with van der Waals surface area (Å²) in [4.78, 5) is 14.0. The maximum Gasteiger partial charge on any atom is 0.348 e. The Balaban J connectivity index is 2.74. The zero-order chi connectivity index (χ0) is 6.91. The Morgan fingerprint density at radius 2 is 2.67 bits per heavy atom. The van der Waals surface area contributed by atoms with Gasteiger partial charge >= 0.3 is 4.45 Å². The molecule has 50 valence electrons. The van der Waals surface area contributed by atoms with Gasteiger partial charge in [-0.3, -0.25) is 10.1 Å². The van der Waals surface area contributed by atoms with Gasteiger partial charge in [0.15, 0.2) is 0 Å². The lowest BCUT2D eigenvalue weighted by Gasteiger charge is -2.03. The Kier molecular flexibility index (Phi) is 1.40. The summed E-state index contributed by atoms with van der Waals surface area (Å²) < 4.78 is -1.28. The summed E-state index contributed by atoms with van der Waals surface area (Å²) in [6.45, 7) is -0.0417. The number of hydrogen-bond acceptors (Lipinski definition) is 4. The van der Waals surface area contributed by atoms with Gasteiger partial charge < -0.3 is 4.84 Å². The smallest absolute Gasteiger partial charge is 0.348 e. The van der Waals surface area contributed by atoms with Crippen LogP contribution in [0.25, 0.3) is 0 Å². The monoisotopic (exact) mass is 194 g/mol. The first-order valence-corrected chi connectivity index (χ1v) is 2.94. The van der Waals surface area contributed by atoms with Crippen LogP contribution in [0.2, 0.25) is 0 Å². The van der Waals surface area contributed by atoms with E-state index in [1.165, 1.54) is 0 Å². The lowest BCUT2D eigenvalue weighted by Crippen LogP contribution is -2.33. The minimum Gasteiger partial charge on any atom is -0.387 e. The van der Waals surface area contributed by atoms with Crippen molar-refractivity contribution in [3.63, 3.8) is 0 Å². The molecule has 1 aliphatic rings. The second kappa shape index (κ2) is 1.94. The zero-order valence-electron chi connectivity index (χ0n) is 4.28. The molecule has 0 amide bonds. The molecule has 1 rings (SSSR count). The minimum absolute atomic E-state index is 0.0417. The van der Waals surface area contributed by atoms with Crippen molar-refractivity contribution >= 4 is 22.1 Å². The Morgan fingerprint density at radius 1 is 2.00 bits per heavy atom. The fourth-order valence-corrected chi connectivity index (χ4v) is 0.569. The second-order valence-electron chi connectivity index (χ2n) is 1.58. The van der Waals surface area contributed by atoms with E-state index >= 15 is 0 Å². The summed E-state index contributed by atoms with van der Waals surface area (Å²) in [5, 5.41) is 13.4. The molecule has 1 aliphatic heterocycles. The van der Waals surface area contributed by atoms with Gasteiger partial charge in [-0.25, -0.2) is 0 Å². The van der Waals surface area contributed by atoms with Crippen LogP contribution >= 0.6 is 15.9 Å². The Bertz CT molecular complexity index is 170. The minimum atomic E-state index is -1.28. The first kappa shape index (κ1) is 6.47. The van der Waals surface area contributed by atoms with Gasteiger partial charge in [0.05, 0.1) is 0 Å². The SMILES string of the molecule is O=[N+]([O-])C1(Br)C=NOC1. The molecule has 0 N–H and O–H groups in total. The van der Waals surface area contributed by atoms with Crippen molar-refractivity contribution in [1.82, 2.24) is 0 Å². The van der Waals surface area contributed by atoms with Gasteiger partial charge in [-0.05, 0) is 0 Å². The van der Waals surface area contributed by atoms with E-state index in [0.29, 0.717) is 0 Å². The molecular weight excluding hydrogens is 192 g/mol.